The third kappa shape index (κ3) is 2.11. The van der Waals surface area contributed by atoms with E-state index >= 15 is 0 Å². The third-order valence-electron chi connectivity index (χ3n) is 2.64. The van der Waals surface area contributed by atoms with Crippen LogP contribution in [0.25, 0.3) is 0 Å². The van der Waals surface area contributed by atoms with Crippen LogP contribution in [0.2, 0.25) is 0 Å². The molecule has 4 nitrogen and oxygen atoms in total. The van der Waals surface area contributed by atoms with E-state index in [4.69, 9.17) is 11.6 Å². The lowest BCUT2D eigenvalue weighted by molar-refractivity contribution is 0.627. The van der Waals surface area contributed by atoms with E-state index in [0.717, 1.165) is 22.8 Å². The Labute approximate surface area is 99.8 Å². The molecule has 0 radical (unpaired) electrons. The zero-order valence-corrected chi connectivity index (χ0v) is 10.5. The summed E-state index contributed by atoms with van der Waals surface area (Å²) in [5.74, 6) is 0.453. The molecule has 2 aromatic rings. The standard InChI is InChI=1S/C11H15ClN4/c1-8-4-11(13-15(8)3)7-16-9(2)5-10(6-12)14-16/h4-5H,6-7H2,1-3H3. The maximum atomic E-state index is 5.75. The lowest BCUT2D eigenvalue weighted by Crippen LogP contribution is -2.05. The van der Waals surface area contributed by atoms with Crippen molar-refractivity contribution in [1.29, 1.82) is 0 Å². The molecule has 0 bridgehead atoms. The Morgan fingerprint density at radius 2 is 1.81 bits per heavy atom. The molecule has 2 heterocycles. The van der Waals surface area contributed by atoms with Gasteiger partial charge in [0.15, 0.2) is 0 Å². The zero-order chi connectivity index (χ0) is 11.7. The number of alkyl halides is 1. The summed E-state index contributed by atoms with van der Waals surface area (Å²) in [6.45, 7) is 4.76. The highest BCUT2D eigenvalue weighted by Gasteiger charge is 2.06. The Hall–Kier alpha value is -1.29. The monoisotopic (exact) mass is 238 g/mol. The topological polar surface area (TPSA) is 35.6 Å². The van der Waals surface area contributed by atoms with Gasteiger partial charge in [-0.05, 0) is 26.0 Å². The molecule has 0 aliphatic heterocycles. The van der Waals surface area contributed by atoms with Crippen LogP contribution in [0.5, 0.6) is 0 Å². The van der Waals surface area contributed by atoms with E-state index in [2.05, 4.69) is 16.3 Å². The first-order valence-electron chi connectivity index (χ1n) is 5.19. The lowest BCUT2D eigenvalue weighted by Gasteiger charge is -2.00. The predicted molar refractivity (Wildman–Crippen MR) is 63.6 cm³/mol. The summed E-state index contributed by atoms with van der Waals surface area (Å²) in [6, 6.07) is 4.07. The summed E-state index contributed by atoms with van der Waals surface area (Å²) in [5.41, 5.74) is 4.19. The van der Waals surface area contributed by atoms with Crippen molar-refractivity contribution in [3.8, 4) is 0 Å². The van der Waals surface area contributed by atoms with Crippen LogP contribution in [0.1, 0.15) is 22.8 Å². The Bertz CT molecular complexity index is 479. The number of hydrogen-bond donors (Lipinski definition) is 0. The van der Waals surface area contributed by atoms with Crippen molar-refractivity contribution in [3.05, 3.63) is 34.9 Å². The third-order valence-corrected chi connectivity index (χ3v) is 2.92. The Morgan fingerprint density at radius 3 is 2.31 bits per heavy atom. The molecule has 86 valence electrons. The van der Waals surface area contributed by atoms with Gasteiger partial charge >= 0.3 is 0 Å². The van der Waals surface area contributed by atoms with Crippen LogP contribution in [-0.4, -0.2) is 19.6 Å². The molecule has 16 heavy (non-hydrogen) atoms. The van der Waals surface area contributed by atoms with Crippen molar-refractivity contribution in [2.45, 2.75) is 26.3 Å². The largest absolute Gasteiger partial charge is 0.273 e. The number of rotatable bonds is 3. The van der Waals surface area contributed by atoms with Gasteiger partial charge in [0.2, 0.25) is 0 Å². The van der Waals surface area contributed by atoms with Gasteiger partial charge in [-0.1, -0.05) is 0 Å². The second-order valence-corrected chi connectivity index (χ2v) is 4.24. The van der Waals surface area contributed by atoms with Crippen molar-refractivity contribution in [2.75, 3.05) is 0 Å². The van der Waals surface area contributed by atoms with Crippen LogP contribution in [0.3, 0.4) is 0 Å². The molecule has 0 unspecified atom stereocenters. The Balaban J connectivity index is 2.23. The maximum absolute atomic E-state index is 5.75. The van der Waals surface area contributed by atoms with E-state index in [9.17, 15) is 0 Å². The van der Waals surface area contributed by atoms with Crippen LogP contribution in [0.15, 0.2) is 12.1 Å². The van der Waals surface area contributed by atoms with Crippen LogP contribution in [0, 0.1) is 13.8 Å². The van der Waals surface area contributed by atoms with Gasteiger partial charge in [0.25, 0.3) is 0 Å². The SMILES string of the molecule is Cc1cc(Cn2nc(CCl)cc2C)nn1C. The summed E-state index contributed by atoms with van der Waals surface area (Å²) in [6.07, 6.45) is 0. The van der Waals surface area contributed by atoms with Crippen LogP contribution < -0.4 is 0 Å². The molecule has 0 spiro atoms. The molecule has 0 saturated carbocycles. The van der Waals surface area contributed by atoms with E-state index in [1.54, 1.807) is 0 Å². The van der Waals surface area contributed by atoms with Gasteiger partial charge in [0.05, 0.1) is 23.8 Å². The quantitative estimate of drug-likeness (QED) is 0.767. The molecule has 0 N–H and O–H groups in total. The molecule has 0 aromatic carbocycles. The number of halogens is 1. The normalized spacial score (nSPS) is 11.0. The summed E-state index contributed by atoms with van der Waals surface area (Å²) >= 11 is 5.75. The van der Waals surface area contributed by atoms with Crippen LogP contribution in [-0.2, 0) is 19.5 Å². The highest BCUT2D eigenvalue weighted by Crippen LogP contribution is 2.09. The van der Waals surface area contributed by atoms with E-state index in [1.807, 2.05) is 36.3 Å². The summed E-state index contributed by atoms with van der Waals surface area (Å²) < 4.78 is 3.80. The van der Waals surface area contributed by atoms with E-state index < -0.39 is 0 Å². The molecule has 2 rings (SSSR count). The first kappa shape index (κ1) is 11.2. The fraction of sp³-hybridized carbons (Fsp3) is 0.455. The summed E-state index contributed by atoms with van der Waals surface area (Å²) in [7, 11) is 1.94. The van der Waals surface area contributed by atoms with Crippen molar-refractivity contribution < 1.29 is 0 Å². The fourth-order valence-corrected chi connectivity index (χ4v) is 1.80. The van der Waals surface area contributed by atoms with E-state index in [-0.39, 0.29) is 0 Å². The van der Waals surface area contributed by atoms with Gasteiger partial charge in [-0.15, -0.1) is 11.6 Å². The van der Waals surface area contributed by atoms with Crippen molar-refractivity contribution >= 4 is 11.6 Å². The second-order valence-electron chi connectivity index (χ2n) is 3.97. The molecule has 0 fully saturated rings. The van der Waals surface area contributed by atoms with Crippen molar-refractivity contribution in [1.82, 2.24) is 19.6 Å². The molecular formula is C11H15ClN4. The molecule has 0 atom stereocenters. The molecule has 0 aliphatic carbocycles. The van der Waals surface area contributed by atoms with Gasteiger partial charge in [0, 0.05) is 18.4 Å². The minimum Gasteiger partial charge on any atom is -0.273 e. The van der Waals surface area contributed by atoms with Gasteiger partial charge in [-0.3, -0.25) is 9.36 Å². The number of aryl methyl sites for hydroxylation is 3. The van der Waals surface area contributed by atoms with Gasteiger partial charge < -0.3 is 0 Å². The summed E-state index contributed by atoms with van der Waals surface area (Å²) in [5, 5.41) is 8.80. The first-order valence-corrected chi connectivity index (χ1v) is 5.72. The molecular weight excluding hydrogens is 224 g/mol. The minimum atomic E-state index is 0.453. The molecule has 0 saturated heterocycles. The van der Waals surface area contributed by atoms with E-state index in [0.29, 0.717) is 12.4 Å². The zero-order valence-electron chi connectivity index (χ0n) is 9.74. The molecule has 0 aliphatic rings. The Morgan fingerprint density at radius 1 is 1.12 bits per heavy atom. The molecule has 2 aromatic heterocycles. The fourth-order valence-electron chi connectivity index (χ4n) is 1.67. The van der Waals surface area contributed by atoms with Gasteiger partial charge in [-0.25, -0.2) is 0 Å². The number of hydrogen-bond acceptors (Lipinski definition) is 2. The van der Waals surface area contributed by atoms with E-state index in [1.165, 1.54) is 0 Å². The number of aromatic nitrogens is 4. The second kappa shape index (κ2) is 4.29. The average Bonchev–Trinajstić information content (AvgIpc) is 2.73. The first-order chi connectivity index (χ1) is 7.60. The van der Waals surface area contributed by atoms with Crippen LogP contribution >= 0.6 is 11.6 Å². The highest BCUT2D eigenvalue weighted by atomic mass is 35.5. The Kier molecular flexibility index (Phi) is 3.01. The highest BCUT2D eigenvalue weighted by molar-refractivity contribution is 6.16. The van der Waals surface area contributed by atoms with Crippen molar-refractivity contribution in [3.63, 3.8) is 0 Å². The van der Waals surface area contributed by atoms with Gasteiger partial charge in [0.1, 0.15) is 0 Å². The van der Waals surface area contributed by atoms with Gasteiger partial charge in [-0.2, -0.15) is 10.2 Å². The predicted octanol–water partition coefficient (Wildman–Crippen LogP) is 2.02. The summed E-state index contributed by atoms with van der Waals surface area (Å²) in [4.78, 5) is 0. The maximum Gasteiger partial charge on any atom is 0.0853 e. The molecule has 5 heteroatoms. The number of nitrogens with zero attached hydrogens (tertiary/aromatic N) is 4. The average molecular weight is 239 g/mol. The molecule has 0 amide bonds. The minimum absolute atomic E-state index is 0.453. The smallest absolute Gasteiger partial charge is 0.0853 e. The van der Waals surface area contributed by atoms with Crippen LogP contribution in [0.4, 0.5) is 0 Å². The van der Waals surface area contributed by atoms with Crippen molar-refractivity contribution in [2.24, 2.45) is 7.05 Å². The lowest BCUT2D eigenvalue weighted by atomic mass is 10.3.